The summed E-state index contributed by atoms with van der Waals surface area (Å²) in [4.78, 5) is 12.5. The van der Waals surface area contributed by atoms with E-state index < -0.39 is 0 Å². The lowest BCUT2D eigenvalue weighted by molar-refractivity contribution is -0.118. The lowest BCUT2D eigenvalue weighted by Gasteiger charge is -2.10. The van der Waals surface area contributed by atoms with Gasteiger partial charge in [0.2, 0.25) is 0 Å². The lowest BCUT2D eigenvalue weighted by Crippen LogP contribution is -2.12. The van der Waals surface area contributed by atoms with Gasteiger partial charge in [-0.3, -0.25) is 9.48 Å². The maximum Gasteiger partial charge on any atom is 0.137 e. The Balaban J connectivity index is 1.39. The van der Waals surface area contributed by atoms with Crippen molar-refractivity contribution in [2.75, 3.05) is 0 Å². The lowest BCUT2D eigenvalue weighted by atomic mass is 10.0. The van der Waals surface area contributed by atoms with Crippen molar-refractivity contribution in [3.63, 3.8) is 0 Å². The SMILES string of the molecule is Cc1c(Cl)cccc1CC(=O)CCc1nnc(CCn2cccn2)n1C1CC1. The average Bonchev–Trinajstić information content (AvgIpc) is 3.22. The van der Waals surface area contributed by atoms with E-state index in [-0.39, 0.29) is 5.78 Å². The van der Waals surface area contributed by atoms with Gasteiger partial charge in [0.15, 0.2) is 0 Å². The number of carbonyl (C=O) groups is 1. The second-order valence-corrected chi connectivity index (χ2v) is 7.80. The molecule has 0 N–H and O–H groups in total. The molecule has 0 spiro atoms. The predicted molar refractivity (Wildman–Crippen MR) is 107 cm³/mol. The number of aromatic nitrogens is 5. The molecule has 146 valence electrons. The topological polar surface area (TPSA) is 65.6 Å². The van der Waals surface area contributed by atoms with Crippen molar-refractivity contribution in [3.05, 3.63) is 64.5 Å². The molecule has 0 radical (unpaired) electrons. The summed E-state index contributed by atoms with van der Waals surface area (Å²) in [7, 11) is 0. The smallest absolute Gasteiger partial charge is 0.137 e. The standard InChI is InChI=1S/C21H24ClN5O/c1-15-16(4-2-5-19(15)22)14-18(28)8-9-20-24-25-21(27(20)17-6-7-17)10-13-26-12-3-11-23-26/h2-5,11-12,17H,6-10,13-14H2,1H3. The number of nitrogens with zero attached hydrogens (tertiary/aromatic N) is 5. The summed E-state index contributed by atoms with van der Waals surface area (Å²) in [5.41, 5.74) is 1.99. The molecule has 1 fully saturated rings. The van der Waals surface area contributed by atoms with Crippen molar-refractivity contribution in [1.82, 2.24) is 24.5 Å². The normalized spacial score (nSPS) is 13.8. The molecule has 7 heteroatoms. The van der Waals surface area contributed by atoms with Crippen LogP contribution in [-0.4, -0.2) is 30.3 Å². The summed E-state index contributed by atoms with van der Waals surface area (Å²) in [6, 6.07) is 8.13. The van der Waals surface area contributed by atoms with Crippen LogP contribution in [0, 0.1) is 6.92 Å². The molecule has 4 rings (SSSR count). The Hall–Kier alpha value is -2.47. The van der Waals surface area contributed by atoms with Crippen molar-refractivity contribution in [3.8, 4) is 0 Å². The summed E-state index contributed by atoms with van der Waals surface area (Å²) < 4.78 is 4.16. The first kappa shape index (κ1) is 18.9. The minimum absolute atomic E-state index is 0.203. The molecule has 2 heterocycles. The number of benzene rings is 1. The number of aryl methyl sites for hydroxylation is 3. The molecule has 2 aromatic heterocycles. The van der Waals surface area contributed by atoms with Gasteiger partial charge in [0.1, 0.15) is 17.4 Å². The Bertz CT molecular complexity index is 959. The first-order valence-electron chi connectivity index (χ1n) is 9.77. The summed E-state index contributed by atoms with van der Waals surface area (Å²) in [5, 5.41) is 13.8. The van der Waals surface area contributed by atoms with E-state index in [1.165, 1.54) is 0 Å². The molecule has 1 aliphatic carbocycles. The third-order valence-electron chi connectivity index (χ3n) is 5.27. The second kappa shape index (κ2) is 8.27. The van der Waals surface area contributed by atoms with E-state index in [9.17, 15) is 4.79 Å². The van der Waals surface area contributed by atoms with Gasteiger partial charge in [0, 0.05) is 55.7 Å². The van der Waals surface area contributed by atoms with Gasteiger partial charge in [-0.25, -0.2) is 0 Å². The molecule has 1 aliphatic rings. The molecule has 0 amide bonds. The van der Waals surface area contributed by atoms with Gasteiger partial charge in [-0.05, 0) is 43.0 Å². The number of halogens is 1. The minimum Gasteiger partial charge on any atom is -0.312 e. The summed E-state index contributed by atoms with van der Waals surface area (Å²) in [6.07, 6.45) is 8.36. The van der Waals surface area contributed by atoms with Crippen LogP contribution in [0.2, 0.25) is 5.02 Å². The van der Waals surface area contributed by atoms with Crippen LogP contribution >= 0.6 is 11.6 Å². The Kier molecular flexibility index (Phi) is 5.57. The zero-order chi connectivity index (χ0) is 19.5. The average molecular weight is 398 g/mol. The van der Waals surface area contributed by atoms with E-state index in [0.29, 0.717) is 30.3 Å². The van der Waals surface area contributed by atoms with E-state index in [0.717, 1.165) is 48.6 Å². The van der Waals surface area contributed by atoms with E-state index in [2.05, 4.69) is 19.9 Å². The number of ketones is 1. The number of Topliss-reactive ketones (excluding diaryl/α,β-unsaturated/α-hetero) is 1. The van der Waals surface area contributed by atoms with Gasteiger partial charge in [0.05, 0.1) is 0 Å². The van der Waals surface area contributed by atoms with Gasteiger partial charge in [-0.1, -0.05) is 23.7 Å². The molecule has 6 nitrogen and oxygen atoms in total. The highest BCUT2D eigenvalue weighted by molar-refractivity contribution is 6.31. The van der Waals surface area contributed by atoms with Gasteiger partial charge < -0.3 is 4.57 Å². The quantitative estimate of drug-likeness (QED) is 0.551. The molecule has 1 saturated carbocycles. The fourth-order valence-corrected chi connectivity index (χ4v) is 3.69. The van der Waals surface area contributed by atoms with Gasteiger partial charge in [-0.15, -0.1) is 10.2 Å². The zero-order valence-corrected chi connectivity index (χ0v) is 16.8. The highest BCUT2D eigenvalue weighted by Gasteiger charge is 2.29. The summed E-state index contributed by atoms with van der Waals surface area (Å²) in [6.45, 7) is 2.74. The molecular weight excluding hydrogens is 374 g/mol. The van der Waals surface area contributed by atoms with Crippen molar-refractivity contribution in [1.29, 1.82) is 0 Å². The molecule has 0 aliphatic heterocycles. The van der Waals surface area contributed by atoms with Crippen LogP contribution in [0.15, 0.2) is 36.7 Å². The molecule has 0 atom stereocenters. The maximum absolute atomic E-state index is 12.5. The first-order valence-corrected chi connectivity index (χ1v) is 10.2. The predicted octanol–water partition coefficient (Wildman–Crippen LogP) is 3.76. The molecule has 0 saturated heterocycles. The number of hydrogen-bond donors (Lipinski definition) is 0. The van der Waals surface area contributed by atoms with Gasteiger partial charge in [0.25, 0.3) is 0 Å². The number of hydrogen-bond acceptors (Lipinski definition) is 4. The molecular formula is C21H24ClN5O. The third-order valence-corrected chi connectivity index (χ3v) is 5.68. The van der Waals surface area contributed by atoms with Gasteiger partial charge in [-0.2, -0.15) is 5.10 Å². The first-order chi connectivity index (χ1) is 13.6. The van der Waals surface area contributed by atoms with Crippen LogP contribution in [0.4, 0.5) is 0 Å². The minimum atomic E-state index is 0.203. The Morgan fingerprint density at radius 1 is 1.18 bits per heavy atom. The third kappa shape index (κ3) is 4.33. The highest BCUT2D eigenvalue weighted by Crippen LogP contribution is 2.37. The fourth-order valence-electron chi connectivity index (χ4n) is 3.50. The van der Waals surface area contributed by atoms with Crippen LogP contribution in [0.5, 0.6) is 0 Å². The molecule has 28 heavy (non-hydrogen) atoms. The number of carbonyl (C=O) groups excluding carboxylic acids is 1. The summed E-state index contributed by atoms with van der Waals surface area (Å²) >= 11 is 6.16. The monoisotopic (exact) mass is 397 g/mol. The van der Waals surface area contributed by atoms with Crippen LogP contribution < -0.4 is 0 Å². The zero-order valence-electron chi connectivity index (χ0n) is 16.0. The molecule has 3 aromatic rings. The molecule has 1 aromatic carbocycles. The Labute approximate surface area is 169 Å². The number of rotatable bonds is 9. The van der Waals surface area contributed by atoms with E-state index >= 15 is 0 Å². The Morgan fingerprint density at radius 2 is 1.96 bits per heavy atom. The highest BCUT2D eigenvalue weighted by atomic mass is 35.5. The van der Waals surface area contributed by atoms with Crippen molar-refractivity contribution >= 4 is 17.4 Å². The van der Waals surface area contributed by atoms with E-state index in [1.54, 1.807) is 6.20 Å². The van der Waals surface area contributed by atoms with Crippen LogP contribution in [0.25, 0.3) is 0 Å². The van der Waals surface area contributed by atoms with Crippen molar-refractivity contribution in [2.24, 2.45) is 0 Å². The van der Waals surface area contributed by atoms with E-state index in [4.69, 9.17) is 11.6 Å². The van der Waals surface area contributed by atoms with Crippen LogP contribution in [0.3, 0.4) is 0 Å². The second-order valence-electron chi connectivity index (χ2n) is 7.39. The van der Waals surface area contributed by atoms with Crippen molar-refractivity contribution in [2.45, 2.75) is 58.0 Å². The van der Waals surface area contributed by atoms with Crippen LogP contribution in [-0.2, 0) is 30.6 Å². The maximum atomic E-state index is 12.5. The summed E-state index contributed by atoms with van der Waals surface area (Å²) in [5.74, 6) is 2.12. The largest absolute Gasteiger partial charge is 0.312 e. The molecule has 0 bridgehead atoms. The molecule has 0 unspecified atom stereocenters. The van der Waals surface area contributed by atoms with Gasteiger partial charge >= 0.3 is 0 Å². The Morgan fingerprint density at radius 3 is 2.68 bits per heavy atom. The van der Waals surface area contributed by atoms with Crippen molar-refractivity contribution < 1.29 is 4.79 Å². The fraction of sp³-hybridized carbons (Fsp3) is 0.429. The van der Waals surface area contributed by atoms with Crippen LogP contribution in [0.1, 0.15) is 48.1 Å². The van der Waals surface area contributed by atoms with E-state index in [1.807, 2.05) is 42.1 Å².